The van der Waals surface area contributed by atoms with Gasteiger partial charge in [-0.15, -0.1) is 22.7 Å². The molecule has 0 atom stereocenters. The van der Waals surface area contributed by atoms with Crippen molar-refractivity contribution in [1.29, 1.82) is 5.26 Å². The molecule has 1 aromatic carbocycles. The van der Waals surface area contributed by atoms with Crippen molar-refractivity contribution < 1.29 is 13.9 Å². The van der Waals surface area contributed by atoms with E-state index in [4.69, 9.17) is 9.15 Å². The maximum Gasteiger partial charge on any atom is 0.414 e. The van der Waals surface area contributed by atoms with Gasteiger partial charge < -0.3 is 9.15 Å². The van der Waals surface area contributed by atoms with Crippen molar-refractivity contribution in [3.05, 3.63) is 76.5 Å². The van der Waals surface area contributed by atoms with Gasteiger partial charge in [-0.2, -0.15) is 5.26 Å². The predicted molar refractivity (Wildman–Crippen MR) is 110 cm³/mol. The number of carbonyl (C=O) groups excluding carboxylic acids is 1. The molecule has 0 spiro atoms. The third kappa shape index (κ3) is 3.69. The van der Waals surface area contributed by atoms with Crippen LogP contribution in [0.4, 0.5) is 10.7 Å². The lowest BCUT2D eigenvalue weighted by Crippen LogP contribution is -2.13. The van der Waals surface area contributed by atoms with Gasteiger partial charge in [0.25, 0.3) is 0 Å². The fourth-order valence-corrected chi connectivity index (χ4v) is 4.20. The van der Waals surface area contributed by atoms with E-state index >= 15 is 0 Å². The van der Waals surface area contributed by atoms with Gasteiger partial charge in [0.2, 0.25) is 5.88 Å². The van der Waals surface area contributed by atoms with Crippen LogP contribution in [0, 0.1) is 11.3 Å². The first-order chi connectivity index (χ1) is 13.8. The molecule has 3 aromatic heterocycles. The van der Waals surface area contributed by atoms with Gasteiger partial charge >= 0.3 is 6.09 Å². The zero-order valence-corrected chi connectivity index (χ0v) is 16.2. The van der Waals surface area contributed by atoms with Crippen LogP contribution in [0.3, 0.4) is 0 Å². The van der Waals surface area contributed by atoms with Crippen molar-refractivity contribution in [2.45, 2.75) is 6.61 Å². The van der Waals surface area contributed by atoms with Gasteiger partial charge in [0.15, 0.2) is 5.76 Å². The number of thiophene rings is 2. The fourth-order valence-electron chi connectivity index (χ4n) is 2.71. The summed E-state index contributed by atoms with van der Waals surface area (Å²) in [6.07, 6.45) is -0.676. The Morgan fingerprint density at radius 3 is 2.39 bits per heavy atom. The van der Waals surface area contributed by atoms with E-state index < -0.39 is 6.09 Å². The van der Waals surface area contributed by atoms with E-state index in [1.54, 1.807) is 0 Å². The first kappa shape index (κ1) is 18.0. The zero-order chi connectivity index (χ0) is 19.3. The summed E-state index contributed by atoms with van der Waals surface area (Å²) in [5.41, 5.74) is 1.83. The summed E-state index contributed by atoms with van der Waals surface area (Å²) in [5, 5.41) is 16.2. The molecule has 0 aliphatic rings. The summed E-state index contributed by atoms with van der Waals surface area (Å²) in [4.78, 5) is 14.0. The van der Waals surface area contributed by atoms with Gasteiger partial charge in [0, 0.05) is 4.88 Å². The average Bonchev–Trinajstić information content (AvgIpc) is 3.47. The van der Waals surface area contributed by atoms with Crippen molar-refractivity contribution in [3.63, 3.8) is 0 Å². The first-order valence-electron chi connectivity index (χ1n) is 8.38. The minimum absolute atomic E-state index is 0.0901. The number of nitrogens with zero attached hydrogens (tertiary/aromatic N) is 1. The smallest absolute Gasteiger partial charge is 0.414 e. The van der Waals surface area contributed by atoms with Gasteiger partial charge in [0.1, 0.15) is 18.2 Å². The van der Waals surface area contributed by atoms with Crippen molar-refractivity contribution in [3.8, 4) is 27.1 Å². The Kier molecular flexibility index (Phi) is 5.24. The molecule has 0 saturated carbocycles. The van der Waals surface area contributed by atoms with Crippen molar-refractivity contribution >= 4 is 34.7 Å². The van der Waals surface area contributed by atoms with Crippen LogP contribution >= 0.6 is 22.7 Å². The second kappa shape index (κ2) is 8.13. The Hall–Kier alpha value is -3.34. The molecule has 7 heteroatoms. The predicted octanol–water partition coefficient (Wildman–Crippen LogP) is 6.36. The molecule has 0 aliphatic heterocycles. The molecule has 0 unspecified atom stereocenters. The number of hydrogen-bond donors (Lipinski definition) is 1. The minimum Gasteiger partial charge on any atom is -0.444 e. The quantitative estimate of drug-likeness (QED) is 0.418. The Labute approximate surface area is 169 Å². The maximum atomic E-state index is 12.2. The molecule has 1 amide bonds. The zero-order valence-electron chi connectivity index (χ0n) is 14.5. The molecule has 5 nitrogen and oxygen atoms in total. The second-order valence-electron chi connectivity index (χ2n) is 5.76. The van der Waals surface area contributed by atoms with Gasteiger partial charge in [0.05, 0.1) is 10.4 Å². The third-order valence-corrected chi connectivity index (χ3v) is 5.72. The van der Waals surface area contributed by atoms with E-state index in [1.807, 2.05) is 65.4 Å². The van der Waals surface area contributed by atoms with Crippen LogP contribution in [0.15, 0.2) is 69.8 Å². The van der Waals surface area contributed by atoms with Crippen LogP contribution in [0.5, 0.6) is 0 Å². The summed E-state index contributed by atoms with van der Waals surface area (Å²) >= 11 is 3.01. The Bertz CT molecular complexity index is 1110. The molecule has 138 valence electrons. The lowest BCUT2D eigenvalue weighted by atomic mass is 10.1. The topological polar surface area (TPSA) is 75.3 Å². The number of rotatable bonds is 5. The standard InChI is InChI=1S/C21H14N2O3S2/c22-12-15-18(16-8-4-10-27-16)19(17-9-5-11-28-17)26-20(15)23-21(24)25-13-14-6-2-1-3-7-14/h1-11H,13H2,(H,23,24). The van der Waals surface area contributed by atoms with Crippen molar-refractivity contribution in [2.24, 2.45) is 0 Å². The van der Waals surface area contributed by atoms with Gasteiger partial charge in [-0.1, -0.05) is 42.5 Å². The first-order valence-corrected chi connectivity index (χ1v) is 10.1. The number of anilines is 1. The molecule has 3 heterocycles. The van der Waals surface area contributed by atoms with Crippen LogP contribution in [0.2, 0.25) is 0 Å². The van der Waals surface area contributed by atoms with Crippen LogP contribution in [0.25, 0.3) is 21.1 Å². The number of benzene rings is 1. The van der Waals surface area contributed by atoms with E-state index in [2.05, 4.69) is 11.4 Å². The summed E-state index contributed by atoms with van der Waals surface area (Å²) in [6, 6.07) is 19.2. The van der Waals surface area contributed by atoms with Crippen LogP contribution in [-0.4, -0.2) is 6.09 Å². The van der Waals surface area contributed by atoms with E-state index in [1.165, 1.54) is 22.7 Å². The van der Waals surface area contributed by atoms with Gasteiger partial charge in [-0.3, -0.25) is 5.32 Å². The molecule has 0 saturated heterocycles. The number of nitriles is 1. The monoisotopic (exact) mass is 406 g/mol. The van der Waals surface area contributed by atoms with Crippen molar-refractivity contribution in [1.82, 2.24) is 0 Å². The highest BCUT2D eigenvalue weighted by molar-refractivity contribution is 7.14. The van der Waals surface area contributed by atoms with Gasteiger partial charge in [-0.05, 0) is 28.5 Å². The minimum atomic E-state index is -0.676. The highest BCUT2D eigenvalue weighted by atomic mass is 32.1. The summed E-state index contributed by atoms with van der Waals surface area (Å²) in [7, 11) is 0. The molecular weight excluding hydrogens is 392 g/mol. The van der Waals surface area contributed by atoms with E-state index in [9.17, 15) is 10.1 Å². The Balaban J connectivity index is 1.63. The third-order valence-electron chi connectivity index (χ3n) is 3.96. The van der Waals surface area contributed by atoms with Crippen molar-refractivity contribution in [2.75, 3.05) is 5.32 Å². The molecule has 4 aromatic rings. The van der Waals surface area contributed by atoms with Crippen LogP contribution in [0.1, 0.15) is 11.1 Å². The molecule has 28 heavy (non-hydrogen) atoms. The highest BCUT2D eigenvalue weighted by Crippen LogP contribution is 2.44. The molecule has 0 bridgehead atoms. The average molecular weight is 406 g/mol. The summed E-state index contributed by atoms with van der Waals surface area (Å²) in [5.74, 6) is 0.653. The number of amides is 1. The molecule has 0 aliphatic carbocycles. The highest BCUT2D eigenvalue weighted by Gasteiger charge is 2.25. The Morgan fingerprint density at radius 1 is 1.04 bits per heavy atom. The Morgan fingerprint density at radius 2 is 1.75 bits per heavy atom. The largest absolute Gasteiger partial charge is 0.444 e. The SMILES string of the molecule is N#Cc1c(NC(=O)OCc2ccccc2)oc(-c2cccs2)c1-c1cccs1. The lowest BCUT2D eigenvalue weighted by molar-refractivity contribution is 0.154. The number of nitrogens with one attached hydrogen (secondary N) is 1. The number of ether oxygens (including phenoxy) is 1. The van der Waals surface area contributed by atoms with E-state index in [0.29, 0.717) is 11.3 Å². The molecule has 1 N–H and O–H groups in total. The maximum absolute atomic E-state index is 12.2. The molecule has 0 radical (unpaired) electrons. The summed E-state index contributed by atoms with van der Waals surface area (Å²) in [6.45, 7) is 0.130. The number of furan rings is 1. The van der Waals surface area contributed by atoms with Crippen LogP contribution in [-0.2, 0) is 11.3 Å². The molecule has 0 fully saturated rings. The molecular formula is C21H14N2O3S2. The van der Waals surface area contributed by atoms with E-state index in [-0.39, 0.29) is 18.1 Å². The second-order valence-corrected chi connectivity index (χ2v) is 7.66. The number of carbonyl (C=O) groups is 1. The fraction of sp³-hybridized carbons (Fsp3) is 0.0476. The van der Waals surface area contributed by atoms with Gasteiger partial charge in [-0.25, -0.2) is 4.79 Å². The van der Waals surface area contributed by atoms with Crippen LogP contribution < -0.4 is 5.32 Å². The molecule has 4 rings (SSSR count). The summed E-state index contributed by atoms with van der Waals surface area (Å²) < 4.78 is 11.2. The normalized spacial score (nSPS) is 10.4. The van der Waals surface area contributed by atoms with E-state index in [0.717, 1.165) is 15.3 Å². The number of hydrogen-bond acceptors (Lipinski definition) is 6. The lowest BCUT2D eigenvalue weighted by Gasteiger charge is -2.05.